The van der Waals surface area contributed by atoms with Crippen LogP contribution in [0.25, 0.3) is 16.6 Å². The second kappa shape index (κ2) is 5.01. The molecule has 6 nitrogen and oxygen atoms in total. The SMILES string of the molecule is COC(=O)CC1(O)c2ccccc2-n2c1nc1ccccc1c2=O. The summed E-state index contributed by atoms with van der Waals surface area (Å²) < 4.78 is 6.09. The number of esters is 1. The zero-order valence-electron chi connectivity index (χ0n) is 12.9. The molecule has 0 saturated carbocycles. The van der Waals surface area contributed by atoms with E-state index in [4.69, 9.17) is 4.74 Å². The summed E-state index contributed by atoms with van der Waals surface area (Å²) in [6.45, 7) is 0. The quantitative estimate of drug-likeness (QED) is 0.723. The normalized spacial score (nSPS) is 18.2. The minimum atomic E-state index is -1.70. The van der Waals surface area contributed by atoms with Crippen LogP contribution in [0.5, 0.6) is 0 Å². The zero-order chi connectivity index (χ0) is 16.9. The first kappa shape index (κ1) is 14.6. The molecule has 0 amide bonds. The van der Waals surface area contributed by atoms with E-state index in [0.29, 0.717) is 22.2 Å². The number of nitrogens with zero attached hydrogens (tertiary/aromatic N) is 2. The van der Waals surface area contributed by atoms with E-state index < -0.39 is 11.6 Å². The summed E-state index contributed by atoms with van der Waals surface area (Å²) in [5.41, 5.74) is -0.501. The van der Waals surface area contributed by atoms with Crippen LogP contribution in [0.3, 0.4) is 0 Å². The molecule has 4 rings (SSSR count). The molecular formula is C18H14N2O4. The maximum absolute atomic E-state index is 12.9. The fraction of sp³-hybridized carbons (Fsp3) is 0.167. The fourth-order valence-electron chi connectivity index (χ4n) is 3.23. The number of fused-ring (bicyclic) bond motifs is 4. The maximum atomic E-state index is 12.9. The van der Waals surface area contributed by atoms with Gasteiger partial charge in [0.1, 0.15) is 0 Å². The minimum Gasteiger partial charge on any atom is -0.469 e. The molecule has 0 radical (unpaired) electrons. The fourth-order valence-corrected chi connectivity index (χ4v) is 3.23. The van der Waals surface area contributed by atoms with Gasteiger partial charge in [-0.3, -0.25) is 14.2 Å². The third kappa shape index (κ3) is 1.83. The van der Waals surface area contributed by atoms with Crippen LogP contribution in [0, 0.1) is 0 Å². The van der Waals surface area contributed by atoms with Crippen molar-refractivity contribution in [3.05, 3.63) is 70.3 Å². The van der Waals surface area contributed by atoms with Crippen molar-refractivity contribution >= 4 is 16.9 Å². The lowest BCUT2D eigenvalue weighted by molar-refractivity contribution is -0.145. The lowest BCUT2D eigenvalue weighted by Crippen LogP contribution is -2.32. The van der Waals surface area contributed by atoms with Crippen molar-refractivity contribution in [2.45, 2.75) is 12.0 Å². The van der Waals surface area contributed by atoms with E-state index in [-0.39, 0.29) is 17.8 Å². The predicted octanol–water partition coefficient (Wildman–Crippen LogP) is 1.50. The molecule has 1 aliphatic heterocycles. The average Bonchev–Trinajstić information content (AvgIpc) is 2.85. The van der Waals surface area contributed by atoms with Gasteiger partial charge in [-0.25, -0.2) is 4.98 Å². The van der Waals surface area contributed by atoms with Gasteiger partial charge in [0.15, 0.2) is 11.4 Å². The second-order valence-corrected chi connectivity index (χ2v) is 5.72. The number of hydrogen-bond donors (Lipinski definition) is 1. The van der Waals surface area contributed by atoms with Crippen LogP contribution < -0.4 is 5.56 Å². The van der Waals surface area contributed by atoms with Crippen molar-refractivity contribution in [3.8, 4) is 5.69 Å². The Morgan fingerprint density at radius 3 is 2.71 bits per heavy atom. The Kier molecular flexibility index (Phi) is 3.04. The summed E-state index contributed by atoms with van der Waals surface area (Å²) in [6, 6.07) is 13.9. The number of methoxy groups -OCH3 is 1. The summed E-state index contributed by atoms with van der Waals surface area (Å²) in [6.07, 6.45) is -0.314. The Bertz CT molecular complexity index is 1040. The van der Waals surface area contributed by atoms with Gasteiger partial charge in [0.2, 0.25) is 0 Å². The van der Waals surface area contributed by atoms with Crippen LogP contribution in [0.1, 0.15) is 17.8 Å². The van der Waals surface area contributed by atoms with Crippen molar-refractivity contribution in [1.29, 1.82) is 0 Å². The molecular weight excluding hydrogens is 308 g/mol. The van der Waals surface area contributed by atoms with E-state index in [1.165, 1.54) is 11.7 Å². The van der Waals surface area contributed by atoms with Gasteiger partial charge in [-0.1, -0.05) is 30.3 Å². The molecule has 1 aromatic heterocycles. The van der Waals surface area contributed by atoms with Crippen molar-refractivity contribution < 1.29 is 14.6 Å². The molecule has 1 atom stereocenters. The van der Waals surface area contributed by atoms with E-state index in [0.717, 1.165) is 0 Å². The van der Waals surface area contributed by atoms with Gasteiger partial charge in [0.05, 0.1) is 30.1 Å². The summed E-state index contributed by atoms with van der Waals surface area (Å²) in [7, 11) is 1.26. The number of benzene rings is 2. The number of rotatable bonds is 2. The molecule has 1 unspecified atom stereocenters. The van der Waals surface area contributed by atoms with E-state index in [1.54, 1.807) is 48.5 Å². The molecule has 24 heavy (non-hydrogen) atoms. The largest absolute Gasteiger partial charge is 0.469 e. The standard InChI is InChI=1S/C18H14N2O4/c1-24-15(21)10-18(23)12-7-3-5-9-14(12)20-16(22)11-6-2-4-8-13(11)19-17(18)20/h2-9,23H,10H2,1H3. The van der Waals surface area contributed by atoms with Gasteiger partial charge in [0, 0.05) is 5.56 Å². The molecule has 2 aromatic carbocycles. The first-order chi connectivity index (χ1) is 11.6. The third-order valence-electron chi connectivity index (χ3n) is 4.36. The number of aromatic nitrogens is 2. The maximum Gasteiger partial charge on any atom is 0.309 e. The lowest BCUT2D eigenvalue weighted by Gasteiger charge is -2.22. The third-order valence-corrected chi connectivity index (χ3v) is 4.36. The topological polar surface area (TPSA) is 81.4 Å². The molecule has 0 aliphatic carbocycles. The number of para-hydroxylation sites is 2. The van der Waals surface area contributed by atoms with E-state index in [9.17, 15) is 14.7 Å². The van der Waals surface area contributed by atoms with Gasteiger partial charge in [-0.05, 0) is 18.2 Å². The van der Waals surface area contributed by atoms with Gasteiger partial charge in [0.25, 0.3) is 5.56 Å². The average molecular weight is 322 g/mol. The zero-order valence-corrected chi connectivity index (χ0v) is 12.9. The molecule has 1 aliphatic rings. The van der Waals surface area contributed by atoms with Gasteiger partial charge in [-0.15, -0.1) is 0 Å². The smallest absolute Gasteiger partial charge is 0.309 e. The van der Waals surface area contributed by atoms with Gasteiger partial charge >= 0.3 is 5.97 Å². The van der Waals surface area contributed by atoms with Crippen LogP contribution in [0.4, 0.5) is 0 Å². The monoisotopic (exact) mass is 322 g/mol. The Morgan fingerprint density at radius 2 is 1.92 bits per heavy atom. The number of carbonyl (C=O) groups excluding carboxylic acids is 1. The molecule has 120 valence electrons. The van der Waals surface area contributed by atoms with Gasteiger partial charge in [-0.2, -0.15) is 0 Å². The molecule has 1 N–H and O–H groups in total. The Morgan fingerprint density at radius 1 is 1.21 bits per heavy atom. The van der Waals surface area contributed by atoms with Crippen LogP contribution in [0.2, 0.25) is 0 Å². The van der Waals surface area contributed by atoms with Crippen molar-refractivity contribution in [1.82, 2.24) is 9.55 Å². The van der Waals surface area contributed by atoms with Crippen LogP contribution in [-0.4, -0.2) is 27.7 Å². The summed E-state index contributed by atoms with van der Waals surface area (Å²) in [5.74, 6) is -0.444. The van der Waals surface area contributed by atoms with E-state index in [1.807, 2.05) is 0 Å². The Balaban J connectivity index is 2.10. The minimum absolute atomic E-state index is 0.137. The number of aliphatic hydroxyl groups is 1. The highest BCUT2D eigenvalue weighted by atomic mass is 16.5. The second-order valence-electron chi connectivity index (χ2n) is 5.72. The molecule has 0 spiro atoms. The highest BCUT2D eigenvalue weighted by molar-refractivity contribution is 5.80. The number of hydrogen-bond acceptors (Lipinski definition) is 5. The predicted molar refractivity (Wildman–Crippen MR) is 87.0 cm³/mol. The summed E-state index contributed by atoms with van der Waals surface area (Å²) in [4.78, 5) is 29.2. The van der Waals surface area contributed by atoms with E-state index >= 15 is 0 Å². The Labute approximate surface area is 137 Å². The molecule has 0 saturated heterocycles. The first-order valence-corrected chi connectivity index (χ1v) is 7.47. The molecule has 3 aromatic rings. The summed E-state index contributed by atoms with van der Waals surface area (Å²) >= 11 is 0. The molecule has 0 fully saturated rings. The van der Waals surface area contributed by atoms with Crippen LogP contribution in [-0.2, 0) is 15.1 Å². The van der Waals surface area contributed by atoms with E-state index in [2.05, 4.69) is 4.98 Å². The lowest BCUT2D eigenvalue weighted by atomic mass is 9.91. The number of ether oxygens (including phenoxy) is 1. The molecule has 2 heterocycles. The van der Waals surface area contributed by atoms with Gasteiger partial charge < -0.3 is 9.84 Å². The van der Waals surface area contributed by atoms with Crippen molar-refractivity contribution in [2.75, 3.05) is 7.11 Å². The Hall–Kier alpha value is -2.99. The molecule has 6 heteroatoms. The van der Waals surface area contributed by atoms with Crippen LogP contribution >= 0.6 is 0 Å². The van der Waals surface area contributed by atoms with Crippen molar-refractivity contribution in [2.24, 2.45) is 0 Å². The van der Waals surface area contributed by atoms with Crippen LogP contribution in [0.15, 0.2) is 53.3 Å². The first-order valence-electron chi connectivity index (χ1n) is 7.47. The summed E-state index contributed by atoms with van der Waals surface area (Å²) in [5, 5.41) is 11.7. The highest BCUT2D eigenvalue weighted by Crippen LogP contribution is 2.41. The number of carbonyl (C=O) groups is 1. The highest BCUT2D eigenvalue weighted by Gasteiger charge is 2.46. The van der Waals surface area contributed by atoms with Crippen molar-refractivity contribution in [3.63, 3.8) is 0 Å². The molecule has 0 bridgehead atoms.